The third-order valence-electron chi connectivity index (χ3n) is 3.31. The Bertz CT molecular complexity index is 391. The summed E-state index contributed by atoms with van der Waals surface area (Å²) in [5.74, 6) is -0.338. The molecule has 1 unspecified atom stereocenters. The van der Waals surface area contributed by atoms with Gasteiger partial charge in [0.25, 0.3) is 0 Å². The average Bonchev–Trinajstić information content (AvgIpc) is 2.35. The first-order valence-corrected chi connectivity index (χ1v) is 6.49. The first-order valence-electron chi connectivity index (χ1n) is 6.49. The summed E-state index contributed by atoms with van der Waals surface area (Å²) in [6, 6.07) is 5.00. The van der Waals surface area contributed by atoms with Gasteiger partial charge in [-0.05, 0) is 44.0 Å². The van der Waals surface area contributed by atoms with Gasteiger partial charge in [-0.2, -0.15) is 0 Å². The minimum absolute atomic E-state index is 0.206. The number of benzene rings is 1. The maximum absolute atomic E-state index is 13.3. The van der Waals surface area contributed by atoms with Crippen molar-refractivity contribution in [3.8, 4) is 0 Å². The van der Waals surface area contributed by atoms with Crippen LogP contribution in [0.1, 0.15) is 24.8 Å². The summed E-state index contributed by atoms with van der Waals surface area (Å²) in [4.78, 5) is 2.17. The van der Waals surface area contributed by atoms with Crippen LogP contribution in [-0.2, 0) is 11.3 Å². The van der Waals surface area contributed by atoms with Crippen molar-refractivity contribution in [3.63, 3.8) is 0 Å². The predicted molar refractivity (Wildman–Crippen MR) is 70.7 cm³/mol. The molecular weight excluding hydrogens is 231 g/mol. The fraction of sp³-hybridized carbons (Fsp3) is 0.571. The van der Waals surface area contributed by atoms with Crippen LogP contribution in [0.3, 0.4) is 0 Å². The van der Waals surface area contributed by atoms with Crippen LogP contribution >= 0.6 is 0 Å². The van der Waals surface area contributed by atoms with Crippen LogP contribution in [0.4, 0.5) is 10.1 Å². The summed E-state index contributed by atoms with van der Waals surface area (Å²) in [5, 5.41) is 0. The van der Waals surface area contributed by atoms with Crippen LogP contribution in [0.15, 0.2) is 18.2 Å². The summed E-state index contributed by atoms with van der Waals surface area (Å²) in [6.45, 7) is 2.48. The van der Waals surface area contributed by atoms with Crippen LogP contribution in [0.5, 0.6) is 0 Å². The zero-order chi connectivity index (χ0) is 13.0. The van der Waals surface area contributed by atoms with Crippen LogP contribution < -0.4 is 5.73 Å². The van der Waals surface area contributed by atoms with Crippen LogP contribution in [-0.4, -0.2) is 31.2 Å². The van der Waals surface area contributed by atoms with E-state index in [1.807, 2.05) is 13.1 Å². The Kier molecular flexibility index (Phi) is 4.55. The zero-order valence-electron chi connectivity index (χ0n) is 10.9. The highest BCUT2D eigenvalue weighted by molar-refractivity contribution is 5.41. The molecule has 0 spiro atoms. The number of nitrogen functional groups attached to an aromatic ring is 1. The van der Waals surface area contributed by atoms with E-state index in [4.69, 9.17) is 10.5 Å². The van der Waals surface area contributed by atoms with Crippen molar-refractivity contribution in [3.05, 3.63) is 29.6 Å². The minimum Gasteiger partial charge on any atom is -0.396 e. The molecule has 1 aliphatic rings. The van der Waals surface area contributed by atoms with Gasteiger partial charge in [0.05, 0.1) is 11.8 Å². The normalized spacial score (nSPS) is 20.3. The number of ether oxygens (including phenoxy) is 1. The van der Waals surface area contributed by atoms with E-state index in [1.54, 1.807) is 6.07 Å². The van der Waals surface area contributed by atoms with Gasteiger partial charge < -0.3 is 10.5 Å². The maximum atomic E-state index is 13.3. The van der Waals surface area contributed by atoms with Crippen LogP contribution in [0.2, 0.25) is 0 Å². The van der Waals surface area contributed by atoms with Gasteiger partial charge in [-0.1, -0.05) is 6.07 Å². The van der Waals surface area contributed by atoms with Crippen molar-refractivity contribution in [1.29, 1.82) is 0 Å². The highest BCUT2D eigenvalue weighted by atomic mass is 19.1. The standard InChI is InChI=1S/C14H21FN2O/c1-17(10-12-4-2-3-7-18-12)9-11-5-6-14(16)13(15)8-11/h5-6,8,12H,2-4,7,9-10,16H2,1H3. The average molecular weight is 252 g/mol. The third kappa shape index (κ3) is 3.68. The van der Waals surface area contributed by atoms with E-state index < -0.39 is 0 Å². The molecule has 2 rings (SSSR count). The quantitative estimate of drug-likeness (QED) is 0.836. The number of hydrogen-bond donors (Lipinski definition) is 1. The van der Waals surface area contributed by atoms with Gasteiger partial charge in [0.15, 0.2) is 0 Å². The highest BCUT2D eigenvalue weighted by Crippen LogP contribution is 2.16. The van der Waals surface area contributed by atoms with E-state index >= 15 is 0 Å². The van der Waals surface area contributed by atoms with E-state index in [9.17, 15) is 4.39 Å². The molecule has 4 heteroatoms. The second-order valence-electron chi connectivity index (χ2n) is 5.04. The lowest BCUT2D eigenvalue weighted by molar-refractivity contribution is -0.00259. The Labute approximate surface area is 108 Å². The van der Waals surface area contributed by atoms with Crippen LogP contribution in [0, 0.1) is 5.82 Å². The minimum atomic E-state index is -0.338. The summed E-state index contributed by atoms with van der Waals surface area (Å²) in [7, 11) is 2.03. The molecule has 0 amide bonds. The smallest absolute Gasteiger partial charge is 0.146 e. The molecule has 1 saturated heterocycles. The largest absolute Gasteiger partial charge is 0.396 e. The summed E-state index contributed by atoms with van der Waals surface area (Å²) in [6.07, 6.45) is 3.86. The Morgan fingerprint density at radius 2 is 2.28 bits per heavy atom. The third-order valence-corrected chi connectivity index (χ3v) is 3.31. The lowest BCUT2D eigenvalue weighted by Gasteiger charge is -2.27. The lowest BCUT2D eigenvalue weighted by atomic mass is 10.1. The Balaban J connectivity index is 1.85. The Hall–Kier alpha value is -1.13. The SMILES string of the molecule is CN(Cc1ccc(N)c(F)c1)CC1CCCCO1. The maximum Gasteiger partial charge on any atom is 0.146 e. The van der Waals surface area contributed by atoms with E-state index in [2.05, 4.69) is 4.90 Å². The fourth-order valence-corrected chi connectivity index (χ4v) is 2.34. The van der Waals surface area contributed by atoms with Gasteiger partial charge in [-0.25, -0.2) is 4.39 Å². The number of nitrogens with two attached hydrogens (primary N) is 1. The molecule has 0 radical (unpaired) electrons. The molecule has 100 valence electrons. The summed E-state index contributed by atoms with van der Waals surface area (Å²) in [5.41, 5.74) is 6.61. The molecular formula is C14H21FN2O. The number of rotatable bonds is 4. The van der Waals surface area contributed by atoms with Crippen molar-refractivity contribution in [2.75, 3.05) is 25.9 Å². The Morgan fingerprint density at radius 3 is 2.94 bits per heavy atom. The molecule has 0 aliphatic carbocycles. The topological polar surface area (TPSA) is 38.5 Å². The van der Waals surface area contributed by atoms with Crippen molar-refractivity contribution >= 4 is 5.69 Å². The number of hydrogen-bond acceptors (Lipinski definition) is 3. The Morgan fingerprint density at radius 1 is 1.44 bits per heavy atom. The molecule has 1 aromatic carbocycles. The molecule has 1 heterocycles. The van der Waals surface area contributed by atoms with Gasteiger partial charge in [-0.3, -0.25) is 4.90 Å². The van der Waals surface area contributed by atoms with Crippen molar-refractivity contribution in [2.24, 2.45) is 0 Å². The van der Waals surface area contributed by atoms with Crippen molar-refractivity contribution < 1.29 is 9.13 Å². The molecule has 1 aliphatic heterocycles. The highest BCUT2D eigenvalue weighted by Gasteiger charge is 2.16. The lowest BCUT2D eigenvalue weighted by Crippen LogP contribution is -2.33. The predicted octanol–water partition coefficient (Wildman–Crippen LogP) is 2.41. The summed E-state index contributed by atoms with van der Waals surface area (Å²) < 4.78 is 19.0. The molecule has 0 saturated carbocycles. The molecule has 1 aromatic rings. The van der Waals surface area contributed by atoms with Crippen molar-refractivity contribution in [1.82, 2.24) is 4.90 Å². The van der Waals surface area contributed by atoms with Gasteiger partial charge in [0, 0.05) is 19.7 Å². The first kappa shape index (κ1) is 13.3. The molecule has 3 nitrogen and oxygen atoms in total. The van der Waals surface area contributed by atoms with Crippen LogP contribution in [0.25, 0.3) is 0 Å². The molecule has 18 heavy (non-hydrogen) atoms. The number of anilines is 1. The summed E-state index contributed by atoms with van der Waals surface area (Å²) >= 11 is 0. The number of nitrogens with zero attached hydrogens (tertiary/aromatic N) is 1. The molecule has 0 bridgehead atoms. The van der Waals surface area contributed by atoms with E-state index in [0.29, 0.717) is 6.10 Å². The molecule has 1 fully saturated rings. The monoisotopic (exact) mass is 252 g/mol. The van der Waals surface area contributed by atoms with Gasteiger partial charge >= 0.3 is 0 Å². The van der Waals surface area contributed by atoms with E-state index in [-0.39, 0.29) is 11.5 Å². The van der Waals surface area contributed by atoms with Gasteiger partial charge in [0.2, 0.25) is 0 Å². The fourth-order valence-electron chi connectivity index (χ4n) is 2.34. The molecule has 1 atom stereocenters. The second-order valence-corrected chi connectivity index (χ2v) is 5.04. The van der Waals surface area contributed by atoms with E-state index in [0.717, 1.165) is 31.7 Å². The molecule has 0 aromatic heterocycles. The second kappa shape index (κ2) is 6.16. The van der Waals surface area contributed by atoms with E-state index in [1.165, 1.54) is 18.9 Å². The zero-order valence-corrected chi connectivity index (χ0v) is 10.9. The first-order chi connectivity index (χ1) is 8.65. The number of halogens is 1. The number of likely N-dealkylation sites (N-methyl/N-ethyl adjacent to an activating group) is 1. The van der Waals surface area contributed by atoms with Gasteiger partial charge in [0.1, 0.15) is 5.82 Å². The molecule has 2 N–H and O–H groups in total. The van der Waals surface area contributed by atoms with Crippen molar-refractivity contribution in [2.45, 2.75) is 31.9 Å². The van der Waals surface area contributed by atoms with Gasteiger partial charge in [-0.15, -0.1) is 0 Å².